The van der Waals surface area contributed by atoms with Crippen LogP contribution in [0.3, 0.4) is 0 Å². The highest BCUT2D eigenvalue weighted by atomic mass is 32.1. The molecule has 2 aromatic rings. The van der Waals surface area contributed by atoms with Gasteiger partial charge in [0.1, 0.15) is 6.33 Å². The summed E-state index contributed by atoms with van der Waals surface area (Å²) in [5, 5.41) is 10.6. The second kappa shape index (κ2) is 2.56. The number of nitrogens with one attached hydrogen (secondary N) is 1. The smallest absolute Gasteiger partial charge is 0.200 e. The van der Waals surface area contributed by atoms with E-state index in [0.717, 1.165) is 5.82 Å². The lowest BCUT2D eigenvalue weighted by molar-refractivity contribution is 0.749. The van der Waals surface area contributed by atoms with Gasteiger partial charge in [-0.15, -0.1) is 0 Å². The van der Waals surface area contributed by atoms with Crippen molar-refractivity contribution in [1.29, 1.82) is 0 Å². The Balaban J connectivity index is 2.58. The van der Waals surface area contributed by atoms with E-state index in [9.17, 15) is 0 Å². The van der Waals surface area contributed by atoms with Gasteiger partial charge in [-0.1, -0.05) is 0 Å². The van der Waals surface area contributed by atoms with Crippen LogP contribution in [0.5, 0.6) is 0 Å². The number of hydrogen-bond acceptors (Lipinski definition) is 3. The molecule has 0 aliphatic rings. The lowest BCUT2D eigenvalue weighted by Crippen LogP contribution is -1.95. The van der Waals surface area contributed by atoms with Crippen LogP contribution in [0.1, 0.15) is 0 Å². The van der Waals surface area contributed by atoms with E-state index in [4.69, 9.17) is 12.2 Å². The zero-order valence-corrected chi connectivity index (χ0v) is 7.25. The van der Waals surface area contributed by atoms with Crippen molar-refractivity contribution in [3.8, 4) is 5.82 Å². The highest BCUT2D eigenvalue weighted by molar-refractivity contribution is 7.71. The van der Waals surface area contributed by atoms with Crippen LogP contribution in [0, 0.1) is 4.77 Å². The van der Waals surface area contributed by atoms with Gasteiger partial charge in [0.25, 0.3) is 0 Å². The first-order valence-electron chi connectivity index (χ1n) is 3.39. The average molecular weight is 181 g/mol. The third-order valence-electron chi connectivity index (χ3n) is 1.50. The Morgan fingerprint density at radius 2 is 2.42 bits per heavy atom. The number of nitrogens with zero attached hydrogens (tertiary/aromatic N) is 4. The second-order valence-electron chi connectivity index (χ2n) is 2.38. The monoisotopic (exact) mass is 181 g/mol. The molecule has 1 N–H and O–H groups in total. The third kappa shape index (κ3) is 1.06. The Hall–Kier alpha value is -1.43. The van der Waals surface area contributed by atoms with Gasteiger partial charge in [-0.2, -0.15) is 10.2 Å². The molecular formula is C6H7N5S. The maximum atomic E-state index is 4.97. The van der Waals surface area contributed by atoms with Crippen molar-refractivity contribution in [1.82, 2.24) is 24.5 Å². The molecule has 0 spiro atoms. The van der Waals surface area contributed by atoms with Gasteiger partial charge in [0.05, 0.1) is 0 Å². The van der Waals surface area contributed by atoms with Gasteiger partial charge >= 0.3 is 0 Å². The van der Waals surface area contributed by atoms with Crippen LogP contribution in [0.15, 0.2) is 18.6 Å². The molecule has 0 radical (unpaired) electrons. The normalized spacial score (nSPS) is 10.4. The van der Waals surface area contributed by atoms with E-state index in [1.165, 1.54) is 0 Å². The fraction of sp³-hybridized carbons (Fsp3) is 0.167. The highest BCUT2D eigenvalue weighted by Crippen LogP contribution is 2.01. The molecule has 0 atom stereocenters. The summed E-state index contributed by atoms with van der Waals surface area (Å²) in [6.45, 7) is 0. The number of rotatable bonds is 1. The summed E-state index contributed by atoms with van der Waals surface area (Å²) in [6.07, 6.45) is 3.45. The molecule has 62 valence electrons. The minimum Gasteiger partial charge on any atom is -0.274 e. The van der Waals surface area contributed by atoms with Gasteiger partial charge in [0, 0.05) is 19.3 Å². The van der Waals surface area contributed by atoms with E-state index in [1.807, 2.05) is 19.3 Å². The van der Waals surface area contributed by atoms with E-state index in [1.54, 1.807) is 15.6 Å². The molecule has 0 unspecified atom stereocenters. The Morgan fingerprint density at radius 3 is 2.92 bits per heavy atom. The summed E-state index contributed by atoms with van der Waals surface area (Å²) in [7, 11) is 1.85. The number of aromatic nitrogens is 5. The molecular weight excluding hydrogens is 174 g/mol. The Kier molecular flexibility index (Phi) is 1.54. The third-order valence-corrected chi connectivity index (χ3v) is 1.79. The quantitative estimate of drug-likeness (QED) is 0.658. The standard InChI is InChI=1S/C6H7N5S/c1-10-3-2-5(9-10)11-4-7-8-6(11)12/h2-4H,1H3,(H,8,12). The van der Waals surface area contributed by atoms with Crippen LogP contribution in [-0.2, 0) is 7.05 Å². The number of aromatic amines is 1. The van der Waals surface area contributed by atoms with Crippen LogP contribution in [0.4, 0.5) is 0 Å². The second-order valence-corrected chi connectivity index (χ2v) is 2.77. The van der Waals surface area contributed by atoms with E-state index in [2.05, 4.69) is 15.3 Å². The van der Waals surface area contributed by atoms with Crippen LogP contribution in [0.25, 0.3) is 5.82 Å². The molecule has 2 heterocycles. The molecule has 6 heteroatoms. The molecule has 0 saturated heterocycles. The van der Waals surface area contributed by atoms with Crippen molar-refractivity contribution < 1.29 is 0 Å². The minimum absolute atomic E-state index is 0.550. The van der Waals surface area contributed by atoms with Crippen LogP contribution >= 0.6 is 12.2 Å². The van der Waals surface area contributed by atoms with Crippen molar-refractivity contribution in [3.05, 3.63) is 23.4 Å². The van der Waals surface area contributed by atoms with Crippen molar-refractivity contribution in [2.45, 2.75) is 0 Å². The predicted molar refractivity (Wildman–Crippen MR) is 45.5 cm³/mol. The lowest BCUT2D eigenvalue weighted by atomic mass is 10.6. The van der Waals surface area contributed by atoms with Crippen LogP contribution in [0.2, 0.25) is 0 Å². The molecule has 0 aliphatic heterocycles. The fourth-order valence-electron chi connectivity index (χ4n) is 0.943. The molecule has 0 bridgehead atoms. The van der Waals surface area contributed by atoms with Gasteiger partial charge in [0.15, 0.2) is 5.82 Å². The van der Waals surface area contributed by atoms with E-state index < -0.39 is 0 Å². The molecule has 2 rings (SSSR count). The number of H-pyrrole nitrogens is 1. The molecule has 5 nitrogen and oxygen atoms in total. The number of aryl methyl sites for hydroxylation is 1. The van der Waals surface area contributed by atoms with Gasteiger partial charge < -0.3 is 0 Å². The first-order valence-corrected chi connectivity index (χ1v) is 3.80. The van der Waals surface area contributed by atoms with E-state index in [-0.39, 0.29) is 0 Å². The minimum atomic E-state index is 0.550. The fourth-order valence-corrected chi connectivity index (χ4v) is 1.14. The highest BCUT2D eigenvalue weighted by Gasteiger charge is 1.99. The molecule has 12 heavy (non-hydrogen) atoms. The van der Waals surface area contributed by atoms with Gasteiger partial charge in [-0.25, -0.2) is 0 Å². The van der Waals surface area contributed by atoms with Crippen LogP contribution in [-0.4, -0.2) is 24.5 Å². The number of hydrogen-bond donors (Lipinski definition) is 1. The maximum absolute atomic E-state index is 4.97. The topological polar surface area (TPSA) is 51.4 Å². The average Bonchev–Trinajstić information content (AvgIpc) is 2.58. The zero-order valence-electron chi connectivity index (χ0n) is 6.43. The molecule has 0 fully saturated rings. The van der Waals surface area contributed by atoms with Crippen molar-refractivity contribution in [2.75, 3.05) is 0 Å². The SMILES string of the molecule is Cn1ccc(-n2cn[nH]c2=S)n1. The first kappa shape index (κ1) is 7.23. The van der Waals surface area contributed by atoms with Gasteiger partial charge in [-0.05, 0) is 12.2 Å². The molecule has 0 saturated carbocycles. The predicted octanol–water partition coefficient (Wildman–Crippen LogP) is 0.663. The van der Waals surface area contributed by atoms with Crippen molar-refractivity contribution in [3.63, 3.8) is 0 Å². The molecule has 2 aromatic heterocycles. The summed E-state index contributed by atoms with van der Waals surface area (Å²) in [4.78, 5) is 0. The van der Waals surface area contributed by atoms with Gasteiger partial charge in [0.2, 0.25) is 4.77 Å². The summed E-state index contributed by atoms with van der Waals surface area (Å²) in [6, 6.07) is 1.87. The van der Waals surface area contributed by atoms with E-state index >= 15 is 0 Å². The first-order chi connectivity index (χ1) is 5.77. The Morgan fingerprint density at radius 1 is 1.58 bits per heavy atom. The van der Waals surface area contributed by atoms with Crippen LogP contribution < -0.4 is 0 Å². The summed E-state index contributed by atoms with van der Waals surface area (Å²) in [5.41, 5.74) is 0. The summed E-state index contributed by atoms with van der Waals surface area (Å²) >= 11 is 4.97. The molecule has 0 amide bonds. The summed E-state index contributed by atoms with van der Waals surface area (Å²) in [5.74, 6) is 0.774. The molecule has 0 aliphatic carbocycles. The zero-order chi connectivity index (χ0) is 8.55. The van der Waals surface area contributed by atoms with Gasteiger partial charge in [-0.3, -0.25) is 14.3 Å². The van der Waals surface area contributed by atoms with Crippen molar-refractivity contribution >= 4 is 12.2 Å². The summed E-state index contributed by atoms with van der Waals surface area (Å²) < 4.78 is 3.97. The Bertz CT molecular complexity index is 436. The molecule has 0 aromatic carbocycles. The lowest BCUT2D eigenvalue weighted by Gasteiger charge is -1.92. The van der Waals surface area contributed by atoms with Crippen molar-refractivity contribution in [2.24, 2.45) is 7.05 Å². The maximum Gasteiger partial charge on any atom is 0.200 e. The Labute approximate surface area is 73.6 Å². The largest absolute Gasteiger partial charge is 0.274 e. The van der Waals surface area contributed by atoms with E-state index in [0.29, 0.717) is 4.77 Å².